The summed E-state index contributed by atoms with van der Waals surface area (Å²) in [6.45, 7) is 2.97. The molecule has 0 aromatic carbocycles. The Morgan fingerprint density at radius 3 is 2.85 bits per heavy atom. The lowest BCUT2D eigenvalue weighted by Crippen LogP contribution is -2.33. The summed E-state index contributed by atoms with van der Waals surface area (Å²) < 4.78 is 1.77. The van der Waals surface area contributed by atoms with Gasteiger partial charge in [0, 0.05) is 26.1 Å². The van der Waals surface area contributed by atoms with E-state index < -0.39 is 0 Å². The van der Waals surface area contributed by atoms with Crippen molar-refractivity contribution in [3.8, 4) is 0 Å². The third-order valence-corrected chi connectivity index (χ3v) is 4.06. The van der Waals surface area contributed by atoms with Gasteiger partial charge in [-0.05, 0) is 25.8 Å². The highest BCUT2D eigenvalue weighted by molar-refractivity contribution is 5.89. The van der Waals surface area contributed by atoms with Crippen LogP contribution in [0.2, 0.25) is 0 Å². The van der Waals surface area contributed by atoms with Gasteiger partial charge in [0.05, 0.1) is 23.9 Å². The molecule has 1 aromatic rings. The molecule has 0 bridgehead atoms. The highest BCUT2D eigenvalue weighted by Gasteiger charge is 2.41. The summed E-state index contributed by atoms with van der Waals surface area (Å²) >= 11 is 0. The third kappa shape index (κ3) is 2.55. The van der Waals surface area contributed by atoms with E-state index in [0.29, 0.717) is 25.6 Å². The van der Waals surface area contributed by atoms with Crippen LogP contribution in [0.1, 0.15) is 30.7 Å². The number of nitrogens with zero attached hydrogens (tertiary/aromatic N) is 3. The second-order valence-electron chi connectivity index (χ2n) is 5.80. The van der Waals surface area contributed by atoms with Crippen molar-refractivity contribution >= 4 is 11.8 Å². The maximum Gasteiger partial charge on any atom is 0.225 e. The van der Waals surface area contributed by atoms with E-state index >= 15 is 0 Å². The Kier molecular flexibility index (Phi) is 3.23. The Morgan fingerprint density at radius 1 is 1.50 bits per heavy atom. The topological polar surface area (TPSA) is 67.2 Å². The average molecular weight is 276 g/mol. The van der Waals surface area contributed by atoms with E-state index in [1.807, 2.05) is 24.9 Å². The predicted molar refractivity (Wildman–Crippen MR) is 72.6 cm³/mol. The SMILES string of the molecule is Cc1cc(CNC(=O)[C@H]2CC(=O)N(C3CC3)C2)n(C)n1. The number of aryl methyl sites for hydroxylation is 2. The van der Waals surface area contributed by atoms with Crippen molar-refractivity contribution in [3.63, 3.8) is 0 Å². The fourth-order valence-electron chi connectivity index (χ4n) is 2.80. The van der Waals surface area contributed by atoms with Crippen molar-refractivity contribution in [2.45, 2.75) is 38.8 Å². The molecule has 20 heavy (non-hydrogen) atoms. The van der Waals surface area contributed by atoms with Crippen LogP contribution in [0.25, 0.3) is 0 Å². The number of rotatable bonds is 4. The lowest BCUT2D eigenvalue weighted by Gasteiger charge is -2.15. The third-order valence-electron chi connectivity index (χ3n) is 4.06. The molecule has 2 fully saturated rings. The number of amides is 2. The lowest BCUT2D eigenvalue weighted by molar-refractivity contribution is -0.129. The van der Waals surface area contributed by atoms with Crippen LogP contribution < -0.4 is 5.32 Å². The number of carbonyl (C=O) groups excluding carboxylic acids is 2. The second-order valence-corrected chi connectivity index (χ2v) is 5.80. The van der Waals surface area contributed by atoms with Crippen LogP contribution >= 0.6 is 0 Å². The number of carbonyl (C=O) groups is 2. The van der Waals surface area contributed by atoms with E-state index in [4.69, 9.17) is 0 Å². The zero-order chi connectivity index (χ0) is 14.3. The lowest BCUT2D eigenvalue weighted by atomic mass is 10.1. The second kappa shape index (κ2) is 4.92. The van der Waals surface area contributed by atoms with Crippen molar-refractivity contribution in [3.05, 3.63) is 17.5 Å². The predicted octanol–water partition coefficient (Wildman–Crippen LogP) is 0.356. The van der Waals surface area contributed by atoms with Crippen LogP contribution in [-0.4, -0.2) is 39.1 Å². The van der Waals surface area contributed by atoms with Gasteiger partial charge in [0.1, 0.15) is 0 Å². The first-order chi connectivity index (χ1) is 9.54. The minimum atomic E-state index is -0.197. The molecule has 0 radical (unpaired) electrons. The van der Waals surface area contributed by atoms with Crippen molar-refractivity contribution in [2.75, 3.05) is 6.54 Å². The molecule has 2 aliphatic rings. The normalized spacial score (nSPS) is 22.4. The van der Waals surface area contributed by atoms with Gasteiger partial charge in [-0.3, -0.25) is 14.3 Å². The Balaban J connectivity index is 1.54. The van der Waals surface area contributed by atoms with Crippen LogP contribution in [0.5, 0.6) is 0 Å². The summed E-state index contributed by atoms with van der Waals surface area (Å²) in [6, 6.07) is 2.36. The van der Waals surface area contributed by atoms with Crippen LogP contribution in [0, 0.1) is 12.8 Å². The van der Waals surface area contributed by atoms with Gasteiger partial charge in [0.2, 0.25) is 11.8 Å². The molecule has 0 spiro atoms. The molecule has 3 rings (SSSR count). The van der Waals surface area contributed by atoms with Crippen LogP contribution in [-0.2, 0) is 23.2 Å². The van der Waals surface area contributed by atoms with Crippen molar-refractivity contribution in [1.82, 2.24) is 20.0 Å². The van der Waals surface area contributed by atoms with Crippen LogP contribution in [0.4, 0.5) is 0 Å². The Morgan fingerprint density at radius 2 is 2.25 bits per heavy atom. The minimum Gasteiger partial charge on any atom is -0.350 e. The summed E-state index contributed by atoms with van der Waals surface area (Å²) in [5.74, 6) is -0.0956. The average Bonchev–Trinajstić information content (AvgIpc) is 3.09. The van der Waals surface area contributed by atoms with Crippen molar-refractivity contribution in [1.29, 1.82) is 0 Å². The molecular formula is C14H20N4O2. The molecule has 1 atom stereocenters. The Hall–Kier alpha value is -1.85. The van der Waals surface area contributed by atoms with E-state index in [1.165, 1.54) is 0 Å². The van der Waals surface area contributed by atoms with Gasteiger partial charge in [-0.15, -0.1) is 0 Å². The first kappa shape index (κ1) is 13.1. The zero-order valence-electron chi connectivity index (χ0n) is 11.9. The number of nitrogens with one attached hydrogen (secondary N) is 1. The highest BCUT2D eigenvalue weighted by Crippen LogP contribution is 2.32. The quantitative estimate of drug-likeness (QED) is 0.863. The Bertz CT molecular complexity index is 547. The molecule has 2 amide bonds. The monoisotopic (exact) mass is 276 g/mol. The number of hydrogen-bond acceptors (Lipinski definition) is 3. The molecule has 108 valence electrons. The number of hydrogen-bond donors (Lipinski definition) is 1. The zero-order valence-corrected chi connectivity index (χ0v) is 11.9. The molecule has 6 heteroatoms. The van der Waals surface area contributed by atoms with Crippen molar-refractivity contribution in [2.24, 2.45) is 13.0 Å². The first-order valence-corrected chi connectivity index (χ1v) is 7.11. The van der Waals surface area contributed by atoms with E-state index in [0.717, 1.165) is 24.2 Å². The largest absolute Gasteiger partial charge is 0.350 e. The molecular weight excluding hydrogens is 256 g/mol. The van der Waals surface area contributed by atoms with Gasteiger partial charge in [-0.2, -0.15) is 5.10 Å². The minimum absolute atomic E-state index is 0.0275. The standard InChI is InChI=1S/C14H20N4O2/c1-9-5-12(17(2)16-9)7-15-14(20)10-6-13(19)18(8-10)11-3-4-11/h5,10-11H,3-4,6-8H2,1-2H3,(H,15,20)/t10-/m0/s1. The van der Waals surface area contributed by atoms with E-state index in [1.54, 1.807) is 4.68 Å². The molecule has 1 saturated carbocycles. The van der Waals surface area contributed by atoms with Crippen LogP contribution in [0.15, 0.2) is 6.07 Å². The molecule has 1 N–H and O–H groups in total. The summed E-state index contributed by atoms with van der Waals surface area (Å²) in [4.78, 5) is 25.9. The van der Waals surface area contributed by atoms with Gasteiger partial charge >= 0.3 is 0 Å². The van der Waals surface area contributed by atoms with Gasteiger partial charge < -0.3 is 10.2 Å². The van der Waals surface area contributed by atoms with Crippen LogP contribution in [0.3, 0.4) is 0 Å². The molecule has 1 saturated heterocycles. The molecule has 1 aromatic heterocycles. The van der Waals surface area contributed by atoms with E-state index in [-0.39, 0.29) is 17.7 Å². The van der Waals surface area contributed by atoms with Gasteiger partial charge in [0.25, 0.3) is 0 Å². The molecule has 6 nitrogen and oxygen atoms in total. The van der Waals surface area contributed by atoms with Gasteiger partial charge in [0.15, 0.2) is 0 Å². The molecule has 1 aliphatic carbocycles. The maximum atomic E-state index is 12.2. The van der Waals surface area contributed by atoms with Gasteiger partial charge in [-0.1, -0.05) is 0 Å². The smallest absolute Gasteiger partial charge is 0.225 e. The van der Waals surface area contributed by atoms with Gasteiger partial charge in [-0.25, -0.2) is 0 Å². The molecule has 2 heterocycles. The summed E-state index contributed by atoms with van der Waals surface area (Å²) in [5, 5.41) is 7.16. The Labute approximate surface area is 118 Å². The van der Waals surface area contributed by atoms with E-state index in [9.17, 15) is 9.59 Å². The van der Waals surface area contributed by atoms with E-state index in [2.05, 4.69) is 10.4 Å². The highest BCUT2D eigenvalue weighted by atomic mass is 16.2. The molecule has 0 unspecified atom stereocenters. The molecule has 1 aliphatic heterocycles. The first-order valence-electron chi connectivity index (χ1n) is 7.11. The van der Waals surface area contributed by atoms with Crippen molar-refractivity contribution < 1.29 is 9.59 Å². The fourth-order valence-corrected chi connectivity index (χ4v) is 2.80. The maximum absolute atomic E-state index is 12.2. The summed E-state index contributed by atoms with van der Waals surface area (Å²) in [6.07, 6.45) is 2.54. The number of likely N-dealkylation sites (tertiary alicyclic amines) is 1. The fraction of sp³-hybridized carbons (Fsp3) is 0.643. The summed E-state index contributed by atoms with van der Waals surface area (Å²) in [7, 11) is 1.86. The summed E-state index contributed by atoms with van der Waals surface area (Å²) in [5.41, 5.74) is 1.91. The number of aromatic nitrogens is 2.